The molecule has 2 nitrogen and oxygen atoms in total. The van der Waals surface area contributed by atoms with Gasteiger partial charge in [0.1, 0.15) is 12.1 Å². The third kappa shape index (κ3) is 2.92. The fourth-order valence-corrected chi connectivity index (χ4v) is 2.10. The van der Waals surface area contributed by atoms with E-state index < -0.39 is 4.83 Å². The predicted molar refractivity (Wildman–Crippen MR) is 66.0 cm³/mol. The standard InChI is InChI=1S/C11H11BrO2S/c1-7(14)11(12)10-4-3-9(15-2)5-8(10)6-13/h3-6,11H,1-2H3. The van der Waals surface area contributed by atoms with Crippen LogP contribution in [0.1, 0.15) is 27.7 Å². The van der Waals surface area contributed by atoms with Crippen LogP contribution in [0.3, 0.4) is 0 Å². The van der Waals surface area contributed by atoms with Crippen molar-refractivity contribution in [3.8, 4) is 0 Å². The highest BCUT2D eigenvalue weighted by Crippen LogP contribution is 2.28. The minimum atomic E-state index is -0.395. The number of thioether (sulfide) groups is 1. The Bertz CT molecular complexity index is 390. The van der Waals surface area contributed by atoms with Crippen molar-refractivity contribution in [1.82, 2.24) is 0 Å². The van der Waals surface area contributed by atoms with Crippen LogP contribution in [-0.4, -0.2) is 18.3 Å². The highest BCUT2D eigenvalue weighted by atomic mass is 79.9. The van der Waals surface area contributed by atoms with E-state index in [9.17, 15) is 9.59 Å². The first kappa shape index (κ1) is 12.5. The lowest BCUT2D eigenvalue weighted by Crippen LogP contribution is -2.04. The SMILES string of the molecule is CSc1ccc(C(Br)C(C)=O)c(C=O)c1. The molecule has 0 saturated heterocycles. The topological polar surface area (TPSA) is 34.1 Å². The Balaban J connectivity index is 3.18. The zero-order valence-corrected chi connectivity index (χ0v) is 10.9. The van der Waals surface area contributed by atoms with Crippen molar-refractivity contribution in [3.05, 3.63) is 29.3 Å². The van der Waals surface area contributed by atoms with Gasteiger partial charge in [0.15, 0.2) is 0 Å². The summed E-state index contributed by atoms with van der Waals surface area (Å²) in [5.74, 6) is -0.00463. The summed E-state index contributed by atoms with van der Waals surface area (Å²) in [6.07, 6.45) is 2.73. The molecule has 0 fully saturated rings. The van der Waals surface area contributed by atoms with Crippen LogP contribution < -0.4 is 0 Å². The van der Waals surface area contributed by atoms with Gasteiger partial charge >= 0.3 is 0 Å². The summed E-state index contributed by atoms with van der Waals surface area (Å²) in [4.78, 5) is 22.7. The lowest BCUT2D eigenvalue weighted by Gasteiger charge is -2.10. The molecule has 4 heteroatoms. The van der Waals surface area contributed by atoms with Crippen molar-refractivity contribution in [2.75, 3.05) is 6.26 Å². The molecule has 0 saturated carbocycles. The Kier molecular flexibility index (Phi) is 4.54. The molecular formula is C11H11BrO2S. The number of carbonyl (C=O) groups is 2. The van der Waals surface area contributed by atoms with Gasteiger partial charge in [-0.05, 0) is 30.9 Å². The Hall–Kier alpha value is -0.610. The Morgan fingerprint density at radius 3 is 2.67 bits per heavy atom. The maximum atomic E-state index is 11.2. The van der Waals surface area contributed by atoms with E-state index in [-0.39, 0.29) is 5.78 Å². The number of hydrogen-bond donors (Lipinski definition) is 0. The van der Waals surface area contributed by atoms with E-state index in [2.05, 4.69) is 15.9 Å². The molecule has 0 aromatic heterocycles. The summed E-state index contributed by atoms with van der Waals surface area (Å²) in [5.41, 5.74) is 1.30. The number of aldehydes is 1. The van der Waals surface area contributed by atoms with Crippen molar-refractivity contribution in [2.24, 2.45) is 0 Å². The number of carbonyl (C=O) groups excluding carboxylic acids is 2. The lowest BCUT2D eigenvalue weighted by atomic mass is 10.0. The summed E-state index contributed by atoms with van der Waals surface area (Å²) in [6, 6.07) is 5.52. The smallest absolute Gasteiger partial charge is 0.150 e. The van der Waals surface area contributed by atoms with Crippen LogP contribution in [0.5, 0.6) is 0 Å². The van der Waals surface area contributed by atoms with Crippen LogP contribution in [0, 0.1) is 0 Å². The molecular weight excluding hydrogens is 276 g/mol. The second-order valence-electron chi connectivity index (χ2n) is 3.09. The van der Waals surface area contributed by atoms with Gasteiger partial charge in [0, 0.05) is 10.5 Å². The van der Waals surface area contributed by atoms with Crippen molar-refractivity contribution in [1.29, 1.82) is 0 Å². The predicted octanol–water partition coefficient (Wildman–Crippen LogP) is 3.25. The first-order valence-electron chi connectivity index (χ1n) is 4.37. The average molecular weight is 287 g/mol. The third-order valence-electron chi connectivity index (χ3n) is 2.05. The first-order chi connectivity index (χ1) is 7.10. The zero-order valence-electron chi connectivity index (χ0n) is 8.49. The molecule has 1 unspecified atom stereocenters. The summed E-state index contributed by atoms with van der Waals surface area (Å²) >= 11 is 4.84. The van der Waals surface area contributed by atoms with E-state index in [1.807, 2.05) is 18.4 Å². The molecule has 1 aromatic carbocycles. The van der Waals surface area contributed by atoms with Crippen molar-refractivity contribution in [3.63, 3.8) is 0 Å². The molecule has 0 heterocycles. The van der Waals surface area contributed by atoms with Gasteiger partial charge in [0.2, 0.25) is 0 Å². The van der Waals surface area contributed by atoms with Crippen LogP contribution >= 0.6 is 27.7 Å². The van der Waals surface area contributed by atoms with Crippen LogP contribution in [0.25, 0.3) is 0 Å². The van der Waals surface area contributed by atoms with Gasteiger partial charge in [-0.3, -0.25) is 9.59 Å². The number of hydrogen-bond acceptors (Lipinski definition) is 3. The normalized spacial score (nSPS) is 12.2. The maximum Gasteiger partial charge on any atom is 0.150 e. The van der Waals surface area contributed by atoms with Gasteiger partial charge in [0.05, 0.1) is 4.83 Å². The third-order valence-corrected chi connectivity index (χ3v) is 3.91. The lowest BCUT2D eigenvalue weighted by molar-refractivity contribution is -0.116. The van der Waals surface area contributed by atoms with Crippen LogP contribution in [0.4, 0.5) is 0 Å². The molecule has 0 radical (unpaired) electrons. The van der Waals surface area contributed by atoms with Crippen molar-refractivity contribution in [2.45, 2.75) is 16.6 Å². The molecule has 1 aromatic rings. The second kappa shape index (κ2) is 5.47. The quantitative estimate of drug-likeness (QED) is 0.484. The Morgan fingerprint density at radius 1 is 1.53 bits per heavy atom. The van der Waals surface area contributed by atoms with E-state index in [0.717, 1.165) is 16.7 Å². The molecule has 0 aliphatic heterocycles. The minimum absolute atomic E-state index is 0.00463. The fraction of sp³-hybridized carbons (Fsp3) is 0.273. The van der Waals surface area contributed by atoms with Crippen molar-refractivity contribution >= 4 is 39.8 Å². The molecule has 0 aliphatic rings. The fourth-order valence-electron chi connectivity index (χ4n) is 1.23. The first-order valence-corrected chi connectivity index (χ1v) is 6.51. The molecule has 80 valence electrons. The van der Waals surface area contributed by atoms with Gasteiger partial charge in [-0.1, -0.05) is 22.0 Å². The minimum Gasteiger partial charge on any atom is -0.298 e. The molecule has 15 heavy (non-hydrogen) atoms. The highest BCUT2D eigenvalue weighted by molar-refractivity contribution is 9.09. The number of alkyl halides is 1. The maximum absolute atomic E-state index is 11.2. The molecule has 0 amide bonds. The van der Waals surface area contributed by atoms with Crippen LogP contribution in [-0.2, 0) is 4.79 Å². The van der Waals surface area contributed by atoms with Crippen LogP contribution in [0.2, 0.25) is 0 Å². The summed E-state index contributed by atoms with van der Waals surface area (Å²) in [7, 11) is 0. The second-order valence-corrected chi connectivity index (χ2v) is 4.88. The van der Waals surface area contributed by atoms with E-state index >= 15 is 0 Å². The van der Waals surface area contributed by atoms with E-state index in [0.29, 0.717) is 5.56 Å². The van der Waals surface area contributed by atoms with Gasteiger partial charge in [-0.15, -0.1) is 11.8 Å². The van der Waals surface area contributed by atoms with Crippen LogP contribution in [0.15, 0.2) is 23.1 Å². The molecule has 0 N–H and O–H groups in total. The highest BCUT2D eigenvalue weighted by Gasteiger charge is 2.16. The number of ketones is 1. The van der Waals surface area contributed by atoms with Gasteiger partial charge in [-0.2, -0.15) is 0 Å². The number of rotatable bonds is 4. The molecule has 0 spiro atoms. The average Bonchev–Trinajstić information content (AvgIpc) is 2.27. The largest absolute Gasteiger partial charge is 0.298 e. The summed E-state index contributed by atoms with van der Waals surface area (Å²) < 4.78 is 0. The molecule has 0 bridgehead atoms. The molecule has 1 rings (SSSR count). The molecule has 0 aliphatic carbocycles. The van der Waals surface area contributed by atoms with E-state index in [4.69, 9.17) is 0 Å². The van der Waals surface area contributed by atoms with Gasteiger partial charge < -0.3 is 0 Å². The molecule has 1 atom stereocenters. The van der Waals surface area contributed by atoms with Gasteiger partial charge in [0.25, 0.3) is 0 Å². The van der Waals surface area contributed by atoms with Crippen molar-refractivity contribution < 1.29 is 9.59 Å². The number of benzene rings is 1. The van der Waals surface area contributed by atoms with Gasteiger partial charge in [-0.25, -0.2) is 0 Å². The zero-order chi connectivity index (χ0) is 11.4. The van der Waals surface area contributed by atoms with E-state index in [1.54, 1.807) is 17.8 Å². The van der Waals surface area contributed by atoms with E-state index in [1.165, 1.54) is 6.92 Å². The number of Topliss-reactive ketones (excluding diaryl/α,β-unsaturated/α-hetero) is 1. The summed E-state index contributed by atoms with van der Waals surface area (Å²) in [5, 5.41) is 0. The summed E-state index contributed by atoms with van der Waals surface area (Å²) in [6.45, 7) is 1.50. The number of halogens is 1. The Labute approximate surface area is 102 Å². The monoisotopic (exact) mass is 286 g/mol. The Morgan fingerprint density at radius 2 is 2.20 bits per heavy atom.